The lowest BCUT2D eigenvalue weighted by Gasteiger charge is -2.35. The molecule has 2 heterocycles. The normalized spacial score (nSPS) is 28.0. The Morgan fingerprint density at radius 2 is 1.83 bits per heavy atom. The van der Waals surface area contributed by atoms with Crippen molar-refractivity contribution in [3.05, 3.63) is 35.9 Å². The molecule has 0 aliphatic carbocycles. The lowest BCUT2D eigenvalue weighted by molar-refractivity contribution is -0.138. The minimum absolute atomic E-state index is 0.0849. The Morgan fingerprint density at radius 3 is 2.48 bits per heavy atom. The molecule has 2 aliphatic rings. The van der Waals surface area contributed by atoms with Crippen molar-refractivity contribution >= 4 is 5.91 Å². The fourth-order valence-electron chi connectivity index (χ4n) is 4.22. The fourth-order valence-corrected chi connectivity index (χ4v) is 4.22. The summed E-state index contributed by atoms with van der Waals surface area (Å²) in [5.41, 5.74) is -0.297. The summed E-state index contributed by atoms with van der Waals surface area (Å²) in [6.45, 7) is 3.71. The van der Waals surface area contributed by atoms with Gasteiger partial charge in [0.25, 0.3) is 0 Å². The van der Waals surface area contributed by atoms with Gasteiger partial charge in [0.05, 0.1) is 12.0 Å². The molecule has 2 aliphatic heterocycles. The van der Waals surface area contributed by atoms with E-state index in [1.165, 1.54) is 12.8 Å². The number of likely N-dealkylation sites (tertiary alicyclic amines) is 2. The minimum Gasteiger partial charge on any atom is -0.385 e. The second-order valence-corrected chi connectivity index (χ2v) is 7.30. The highest BCUT2D eigenvalue weighted by Gasteiger charge is 2.40. The molecule has 0 spiro atoms. The Bertz CT molecular complexity index is 544. The average molecular weight is 316 g/mol. The molecule has 2 fully saturated rings. The highest BCUT2D eigenvalue weighted by atomic mass is 16.3. The summed E-state index contributed by atoms with van der Waals surface area (Å²) in [6.07, 6.45) is 4.73. The maximum atomic E-state index is 12.9. The standard InChI is InChI=1S/C19H28N2O2/c1-19(23,15-8-4-3-5-9-15)14-18(22)21-13-7-11-17(21)16-10-6-12-20(16)2/h3-5,8-9,16-17,23H,6-7,10-14H2,1-2H3. The molecule has 1 N–H and O–H groups in total. The number of carbonyl (C=O) groups is 1. The molecule has 0 radical (unpaired) electrons. The van der Waals surface area contributed by atoms with E-state index in [0.717, 1.165) is 31.5 Å². The molecular weight excluding hydrogens is 288 g/mol. The third kappa shape index (κ3) is 3.43. The number of amides is 1. The lowest BCUT2D eigenvalue weighted by atomic mass is 9.91. The molecule has 0 bridgehead atoms. The van der Waals surface area contributed by atoms with Crippen LogP contribution in [0.5, 0.6) is 0 Å². The molecule has 1 aromatic carbocycles. The molecule has 0 saturated carbocycles. The van der Waals surface area contributed by atoms with Gasteiger partial charge < -0.3 is 14.9 Å². The van der Waals surface area contributed by atoms with Gasteiger partial charge in [-0.1, -0.05) is 30.3 Å². The van der Waals surface area contributed by atoms with E-state index in [-0.39, 0.29) is 12.3 Å². The molecule has 3 unspecified atom stereocenters. The molecule has 1 aromatic rings. The average Bonchev–Trinajstić information content (AvgIpc) is 3.16. The third-order valence-electron chi connectivity index (χ3n) is 5.53. The summed E-state index contributed by atoms with van der Waals surface area (Å²) in [6, 6.07) is 10.3. The fraction of sp³-hybridized carbons (Fsp3) is 0.632. The van der Waals surface area contributed by atoms with Crippen LogP contribution in [-0.2, 0) is 10.4 Å². The number of likely N-dealkylation sites (N-methyl/N-ethyl adjacent to an activating group) is 1. The minimum atomic E-state index is -1.10. The van der Waals surface area contributed by atoms with Crippen LogP contribution < -0.4 is 0 Å². The number of aliphatic hydroxyl groups is 1. The molecule has 3 atom stereocenters. The topological polar surface area (TPSA) is 43.8 Å². The summed E-state index contributed by atoms with van der Waals surface area (Å²) in [7, 11) is 2.17. The van der Waals surface area contributed by atoms with E-state index >= 15 is 0 Å². The van der Waals surface area contributed by atoms with E-state index in [1.807, 2.05) is 35.2 Å². The lowest BCUT2D eigenvalue weighted by Crippen LogP contribution is -2.48. The summed E-state index contributed by atoms with van der Waals surface area (Å²) in [5.74, 6) is 0.0849. The molecule has 3 rings (SSSR count). The van der Waals surface area contributed by atoms with Gasteiger partial charge in [-0.25, -0.2) is 0 Å². The first-order valence-electron chi connectivity index (χ1n) is 8.77. The van der Waals surface area contributed by atoms with Crippen molar-refractivity contribution in [3.63, 3.8) is 0 Å². The number of hydrogen-bond donors (Lipinski definition) is 1. The molecule has 4 heteroatoms. The van der Waals surface area contributed by atoms with Crippen molar-refractivity contribution in [3.8, 4) is 0 Å². The van der Waals surface area contributed by atoms with E-state index < -0.39 is 5.60 Å². The molecule has 0 aromatic heterocycles. The van der Waals surface area contributed by atoms with Gasteiger partial charge >= 0.3 is 0 Å². The highest BCUT2D eigenvalue weighted by Crippen LogP contribution is 2.32. The van der Waals surface area contributed by atoms with Gasteiger partial charge in [0.1, 0.15) is 0 Å². The van der Waals surface area contributed by atoms with Crippen LogP contribution in [0.4, 0.5) is 0 Å². The van der Waals surface area contributed by atoms with Crippen molar-refractivity contribution in [1.82, 2.24) is 9.80 Å². The number of benzene rings is 1. The quantitative estimate of drug-likeness (QED) is 0.927. The Morgan fingerprint density at radius 1 is 1.17 bits per heavy atom. The van der Waals surface area contributed by atoms with Gasteiger partial charge in [-0.3, -0.25) is 4.79 Å². The number of nitrogens with zero attached hydrogens (tertiary/aromatic N) is 2. The van der Waals surface area contributed by atoms with Crippen LogP contribution in [0, 0.1) is 0 Å². The monoisotopic (exact) mass is 316 g/mol. The third-order valence-corrected chi connectivity index (χ3v) is 5.53. The van der Waals surface area contributed by atoms with Crippen molar-refractivity contribution in [1.29, 1.82) is 0 Å². The SMILES string of the molecule is CN1CCCC1C1CCCN1C(=O)CC(C)(O)c1ccccc1. The Labute approximate surface area is 139 Å². The van der Waals surface area contributed by atoms with Gasteiger partial charge in [-0.2, -0.15) is 0 Å². The largest absolute Gasteiger partial charge is 0.385 e. The molecular formula is C19H28N2O2. The summed E-state index contributed by atoms with van der Waals surface area (Å²) >= 11 is 0. The zero-order valence-electron chi connectivity index (χ0n) is 14.2. The highest BCUT2D eigenvalue weighted by molar-refractivity contribution is 5.78. The van der Waals surface area contributed by atoms with E-state index in [2.05, 4.69) is 11.9 Å². The number of carbonyl (C=O) groups excluding carboxylic acids is 1. The first-order valence-corrected chi connectivity index (χ1v) is 8.77. The molecule has 23 heavy (non-hydrogen) atoms. The Hall–Kier alpha value is -1.39. The van der Waals surface area contributed by atoms with Crippen LogP contribution in [0.25, 0.3) is 0 Å². The predicted molar refractivity (Wildman–Crippen MR) is 91.0 cm³/mol. The molecule has 1 amide bonds. The first-order chi connectivity index (χ1) is 11.0. The van der Waals surface area contributed by atoms with Crippen molar-refractivity contribution < 1.29 is 9.90 Å². The summed E-state index contributed by atoms with van der Waals surface area (Å²) in [5, 5.41) is 10.8. The van der Waals surface area contributed by atoms with Gasteiger partial charge in [0.15, 0.2) is 0 Å². The zero-order chi connectivity index (χ0) is 16.4. The second kappa shape index (κ2) is 6.62. The summed E-state index contributed by atoms with van der Waals surface area (Å²) < 4.78 is 0. The van der Waals surface area contributed by atoms with Crippen LogP contribution in [0.15, 0.2) is 30.3 Å². The van der Waals surface area contributed by atoms with Gasteiger partial charge in [0.2, 0.25) is 5.91 Å². The van der Waals surface area contributed by atoms with E-state index in [1.54, 1.807) is 6.92 Å². The van der Waals surface area contributed by atoms with Crippen LogP contribution in [0.1, 0.15) is 44.6 Å². The van der Waals surface area contributed by atoms with Crippen molar-refractivity contribution in [2.75, 3.05) is 20.1 Å². The molecule has 126 valence electrons. The molecule has 2 saturated heterocycles. The van der Waals surface area contributed by atoms with Crippen LogP contribution in [-0.4, -0.2) is 53.0 Å². The maximum Gasteiger partial charge on any atom is 0.226 e. The van der Waals surface area contributed by atoms with E-state index in [9.17, 15) is 9.90 Å². The Kier molecular flexibility index (Phi) is 4.74. The number of rotatable bonds is 4. The van der Waals surface area contributed by atoms with Crippen molar-refractivity contribution in [2.24, 2.45) is 0 Å². The Balaban J connectivity index is 1.69. The van der Waals surface area contributed by atoms with Crippen LogP contribution >= 0.6 is 0 Å². The zero-order valence-corrected chi connectivity index (χ0v) is 14.2. The second-order valence-electron chi connectivity index (χ2n) is 7.30. The number of hydrogen-bond acceptors (Lipinski definition) is 3. The summed E-state index contributed by atoms with van der Waals surface area (Å²) in [4.78, 5) is 17.3. The molecule has 4 nitrogen and oxygen atoms in total. The first kappa shape index (κ1) is 16.5. The van der Waals surface area contributed by atoms with Crippen LogP contribution in [0.3, 0.4) is 0 Å². The van der Waals surface area contributed by atoms with Gasteiger partial charge in [-0.05, 0) is 51.8 Å². The van der Waals surface area contributed by atoms with Gasteiger partial charge in [0, 0.05) is 18.6 Å². The van der Waals surface area contributed by atoms with E-state index in [4.69, 9.17) is 0 Å². The maximum absolute atomic E-state index is 12.9. The van der Waals surface area contributed by atoms with Crippen molar-refractivity contribution in [2.45, 2.75) is 56.7 Å². The van der Waals surface area contributed by atoms with Gasteiger partial charge in [-0.15, -0.1) is 0 Å². The van der Waals surface area contributed by atoms with Crippen LogP contribution in [0.2, 0.25) is 0 Å². The smallest absolute Gasteiger partial charge is 0.226 e. The van der Waals surface area contributed by atoms with E-state index in [0.29, 0.717) is 12.1 Å². The predicted octanol–water partition coefficient (Wildman–Crippen LogP) is 2.37.